The molecule has 0 aliphatic carbocycles. The van der Waals surface area contributed by atoms with Crippen LogP contribution in [0, 0.1) is 0 Å². The molecule has 0 fully saturated rings. The maximum atomic E-state index is 10.4. The molecule has 19 heavy (non-hydrogen) atoms. The molecule has 0 radical (unpaired) electrons. The summed E-state index contributed by atoms with van der Waals surface area (Å²) in [5.41, 5.74) is 7.15. The molecule has 3 N–H and O–H groups in total. The molecule has 1 amide bonds. The minimum Gasteiger partial charge on any atom is -0.370 e. The third-order valence-corrected chi connectivity index (χ3v) is 2.66. The van der Waals surface area contributed by atoms with Gasteiger partial charge in [-0.05, 0) is 23.8 Å². The molecule has 5 heteroatoms. The van der Waals surface area contributed by atoms with Crippen LogP contribution in [0.4, 0.5) is 0 Å². The van der Waals surface area contributed by atoms with Gasteiger partial charge in [0, 0.05) is 24.7 Å². The second-order valence-electron chi connectivity index (χ2n) is 4.23. The number of pyridine rings is 1. The Morgan fingerprint density at radius 2 is 2.26 bits per heavy atom. The highest BCUT2D eigenvalue weighted by molar-refractivity contribution is 5.78. The molecular formula is C14H17N3O2. The van der Waals surface area contributed by atoms with Crippen molar-refractivity contribution in [3.63, 3.8) is 0 Å². The van der Waals surface area contributed by atoms with Crippen LogP contribution in [0.3, 0.4) is 0 Å². The van der Waals surface area contributed by atoms with Gasteiger partial charge in [0.25, 0.3) is 0 Å². The summed E-state index contributed by atoms with van der Waals surface area (Å²) in [5.74, 6) is -0.443. The Labute approximate surface area is 111 Å². The van der Waals surface area contributed by atoms with E-state index in [1.54, 1.807) is 6.20 Å². The number of benzene rings is 1. The van der Waals surface area contributed by atoms with Crippen LogP contribution in [0.2, 0.25) is 0 Å². The molecule has 1 heterocycles. The van der Waals surface area contributed by atoms with Crippen molar-refractivity contribution in [3.05, 3.63) is 42.1 Å². The molecule has 5 nitrogen and oxygen atoms in total. The van der Waals surface area contributed by atoms with Crippen molar-refractivity contribution in [1.82, 2.24) is 10.3 Å². The molecule has 2 rings (SSSR count). The molecule has 0 unspecified atom stereocenters. The lowest BCUT2D eigenvalue weighted by atomic mass is 10.1. The van der Waals surface area contributed by atoms with Crippen molar-refractivity contribution >= 4 is 16.8 Å². The predicted molar refractivity (Wildman–Crippen MR) is 73.5 cm³/mol. The lowest BCUT2D eigenvalue weighted by Gasteiger charge is -2.06. The normalized spacial score (nSPS) is 10.7. The van der Waals surface area contributed by atoms with E-state index in [0.717, 1.165) is 17.4 Å². The van der Waals surface area contributed by atoms with Gasteiger partial charge < -0.3 is 15.8 Å². The third kappa shape index (κ3) is 4.31. The van der Waals surface area contributed by atoms with Crippen LogP contribution in [-0.2, 0) is 16.1 Å². The van der Waals surface area contributed by atoms with Gasteiger partial charge in [0.2, 0.25) is 5.91 Å². The fourth-order valence-electron chi connectivity index (χ4n) is 1.78. The van der Waals surface area contributed by atoms with E-state index < -0.39 is 5.91 Å². The number of carbonyl (C=O) groups excluding carboxylic acids is 1. The Bertz CT molecular complexity index is 557. The average molecular weight is 259 g/mol. The van der Waals surface area contributed by atoms with E-state index in [1.807, 2.05) is 24.3 Å². The van der Waals surface area contributed by atoms with E-state index in [-0.39, 0.29) is 6.61 Å². The lowest BCUT2D eigenvalue weighted by molar-refractivity contribution is -0.122. The maximum absolute atomic E-state index is 10.4. The number of nitrogens with two attached hydrogens (primary N) is 1. The average Bonchev–Trinajstić information content (AvgIpc) is 2.42. The molecule has 0 atom stereocenters. The van der Waals surface area contributed by atoms with Gasteiger partial charge in [-0.2, -0.15) is 0 Å². The summed E-state index contributed by atoms with van der Waals surface area (Å²) in [6.07, 6.45) is 1.79. The molecular weight excluding hydrogens is 242 g/mol. The molecule has 1 aromatic heterocycles. The number of ether oxygens (including phenoxy) is 1. The number of fused-ring (bicyclic) bond motifs is 1. The number of hydrogen-bond acceptors (Lipinski definition) is 4. The SMILES string of the molecule is NC(=O)COCCNCc1ccc2ncccc2c1. The minimum absolute atomic E-state index is 0.0245. The number of hydrogen-bond donors (Lipinski definition) is 2. The Morgan fingerprint density at radius 3 is 3.11 bits per heavy atom. The number of nitrogens with zero attached hydrogens (tertiary/aromatic N) is 1. The van der Waals surface area contributed by atoms with Gasteiger partial charge in [-0.3, -0.25) is 9.78 Å². The fraction of sp³-hybridized carbons (Fsp3) is 0.286. The van der Waals surface area contributed by atoms with E-state index in [2.05, 4.69) is 16.4 Å². The highest BCUT2D eigenvalue weighted by Crippen LogP contribution is 2.12. The fourth-order valence-corrected chi connectivity index (χ4v) is 1.78. The monoisotopic (exact) mass is 259 g/mol. The van der Waals surface area contributed by atoms with Gasteiger partial charge in [0.05, 0.1) is 12.1 Å². The molecule has 0 bridgehead atoms. The highest BCUT2D eigenvalue weighted by atomic mass is 16.5. The Kier molecular flexibility index (Phi) is 4.83. The first-order chi connectivity index (χ1) is 9.25. The van der Waals surface area contributed by atoms with Gasteiger partial charge >= 0.3 is 0 Å². The van der Waals surface area contributed by atoms with Crippen LogP contribution in [0.25, 0.3) is 10.9 Å². The summed E-state index contributed by atoms with van der Waals surface area (Å²) in [6, 6.07) is 10.1. The quantitative estimate of drug-likeness (QED) is 0.722. The standard InChI is InChI=1S/C14H17N3O2/c15-14(18)10-19-7-6-16-9-11-3-4-13-12(8-11)2-1-5-17-13/h1-5,8,16H,6-7,9-10H2,(H2,15,18). The maximum Gasteiger partial charge on any atom is 0.243 e. The van der Waals surface area contributed by atoms with E-state index in [1.165, 1.54) is 5.56 Å². The van der Waals surface area contributed by atoms with Crippen molar-refractivity contribution in [2.75, 3.05) is 19.8 Å². The molecule has 0 aliphatic rings. The van der Waals surface area contributed by atoms with Crippen LogP contribution >= 0.6 is 0 Å². The zero-order valence-electron chi connectivity index (χ0n) is 10.6. The van der Waals surface area contributed by atoms with Crippen molar-refractivity contribution < 1.29 is 9.53 Å². The summed E-state index contributed by atoms with van der Waals surface area (Å²) in [6.45, 7) is 1.88. The van der Waals surface area contributed by atoms with Crippen LogP contribution in [0.5, 0.6) is 0 Å². The minimum atomic E-state index is -0.443. The third-order valence-electron chi connectivity index (χ3n) is 2.66. The topological polar surface area (TPSA) is 77.2 Å². The van der Waals surface area contributed by atoms with Crippen molar-refractivity contribution in [2.45, 2.75) is 6.54 Å². The number of aromatic nitrogens is 1. The first-order valence-corrected chi connectivity index (χ1v) is 6.16. The van der Waals surface area contributed by atoms with Crippen molar-refractivity contribution in [1.29, 1.82) is 0 Å². The van der Waals surface area contributed by atoms with Crippen molar-refractivity contribution in [3.8, 4) is 0 Å². The first kappa shape index (κ1) is 13.5. The molecule has 0 saturated carbocycles. The van der Waals surface area contributed by atoms with Gasteiger partial charge in [-0.15, -0.1) is 0 Å². The summed E-state index contributed by atoms with van der Waals surface area (Å²) in [5, 5.41) is 4.37. The van der Waals surface area contributed by atoms with Gasteiger partial charge in [-0.25, -0.2) is 0 Å². The second kappa shape index (κ2) is 6.82. The predicted octanol–water partition coefficient (Wildman–Crippen LogP) is 0.826. The largest absolute Gasteiger partial charge is 0.370 e. The molecule has 0 saturated heterocycles. The zero-order valence-corrected chi connectivity index (χ0v) is 10.6. The van der Waals surface area contributed by atoms with E-state index >= 15 is 0 Å². The van der Waals surface area contributed by atoms with E-state index in [9.17, 15) is 4.79 Å². The lowest BCUT2D eigenvalue weighted by Crippen LogP contribution is -2.23. The number of primary amides is 1. The van der Waals surface area contributed by atoms with Crippen molar-refractivity contribution in [2.24, 2.45) is 5.73 Å². The summed E-state index contributed by atoms with van der Waals surface area (Å²) in [7, 11) is 0. The number of nitrogens with one attached hydrogen (secondary N) is 1. The van der Waals surface area contributed by atoms with Gasteiger partial charge in [-0.1, -0.05) is 12.1 Å². The Balaban J connectivity index is 1.77. The molecule has 0 spiro atoms. The van der Waals surface area contributed by atoms with E-state index in [4.69, 9.17) is 10.5 Å². The second-order valence-corrected chi connectivity index (χ2v) is 4.23. The van der Waals surface area contributed by atoms with Crippen LogP contribution in [0.1, 0.15) is 5.56 Å². The van der Waals surface area contributed by atoms with Crippen LogP contribution in [0.15, 0.2) is 36.5 Å². The zero-order chi connectivity index (χ0) is 13.5. The number of amides is 1. The summed E-state index contributed by atoms with van der Waals surface area (Å²) < 4.78 is 5.06. The Morgan fingerprint density at radius 1 is 1.37 bits per heavy atom. The van der Waals surface area contributed by atoms with E-state index in [0.29, 0.717) is 13.2 Å². The molecule has 2 aromatic rings. The molecule has 100 valence electrons. The summed E-state index contributed by atoms with van der Waals surface area (Å²) in [4.78, 5) is 14.7. The highest BCUT2D eigenvalue weighted by Gasteiger charge is 1.97. The smallest absolute Gasteiger partial charge is 0.243 e. The number of rotatable bonds is 7. The number of carbonyl (C=O) groups is 1. The first-order valence-electron chi connectivity index (χ1n) is 6.16. The van der Waals surface area contributed by atoms with Gasteiger partial charge in [0.1, 0.15) is 6.61 Å². The Hall–Kier alpha value is -1.98. The van der Waals surface area contributed by atoms with Gasteiger partial charge in [0.15, 0.2) is 0 Å². The summed E-state index contributed by atoms with van der Waals surface area (Å²) >= 11 is 0. The van der Waals surface area contributed by atoms with Crippen LogP contribution in [-0.4, -0.2) is 30.6 Å². The molecule has 1 aromatic carbocycles. The molecule has 0 aliphatic heterocycles. The van der Waals surface area contributed by atoms with Crippen LogP contribution < -0.4 is 11.1 Å².